The summed E-state index contributed by atoms with van der Waals surface area (Å²) in [6, 6.07) is -0.320. The van der Waals surface area contributed by atoms with Gasteiger partial charge in [0, 0.05) is 6.54 Å². The van der Waals surface area contributed by atoms with Gasteiger partial charge in [-0.2, -0.15) is 0 Å². The second kappa shape index (κ2) is 6.89. The third-order valence-corrected chi connectivity index (χ3v) is 2.98. The van der Waals surface area contributed by atoms with Gasteiger partial charge in [-0.05, 0) is 46.6 Å². The summed E-state index contributed by atoms with van der Waals surface area (Å²) < 4.78 is 5.34. The molecule has 0 aliphatic carbocycles. The number of likely N-dealkylation sites (tertiary alicyclic amines) is 1. The smallest absolute Gasteiger partial charge is 0.410 e. The molecule has 1 heterocycles. The average Bonchev–Trinajstić information content (AvgIpc) is 2.75. The molecule has 0 aromatic rings. The van der Waals surface area contributed by atoms with Crippen molar-refractivity contribution < 1.29 is 14.3 Å². The Morgan fingerprint density at radius 1 is 1.37 bits per heavy atom. The standard InChI is InChI=1S/C14H26N2O3/c1-5-8-15-10-12(17)11-7-6-9-16(11)13(18)19-14(2,3)4/h11,15H,5-10H2,1-4H3/t11-/m1/s1. The van der Waals surface area contributed by atoms with Crippen LogP contribution in [0.1, 0.15) is 47.0 Å². The molecule has 0 aromatic carbocycles. The van der Waals surface area contributed by atoms with E-state index in [-0.39, 0.29) is 17.9 Å². The Hall–Kier alpha value is -1.10. The van der Waals surface area contributed by atoms with Gasteiger partial charge >= 0.3 is 6.09 Å². The minimum absolute atomic E-state index is 0.0804. The molecule has 1 atom stereocenters. The fourth-order valence-corrected chi connectivity index (χ4v) is 2.15. The number of hydrogen-bond donors (Lipinski definition) is 1. The third kappa shape index (κ3) is 5.19. The van der Waals surface area contributed by atoms with Crippen molar-refractivity contribution in [1.82, 2.24) is 10.2 Å². The summed E-state index contributed by atoms with van der Waals surface area (Å²) in [5, 5.41) is 3.09. The zero-order chi connectivity index (χ0) is 14.5. The quantitative estimate of drug-likeness (QED) is 0.776. The van der Waals surface area contributed by atoms with Crippen molar-refractivity contribution in [2.75, 3.05) is 19.6 Å². The SMILES string of the molecule is CCCNCC(=O)[C@H]1CCCN1C(=O)OC(C)(C)C. The van der Waals surface area contributed by atoms with Crippen molar-refractivity contribution in [2.45, 2.75) is 58.6 Å². The summed E-state index contributed by atoms with van der Waals surface area (Å²) in [6.45, 7) is 9.32. The molecule has 110 valence electrons. The molecular formula is C14H26N2O3. The molecule has 0 aromatic heterocycles. The van der Waals surface area contributed by atoms with E-state index in [1.807, 2.05) is 20.8 Å². The molecule has 0 spiro atoms. The Labute approximate surface area is 115 Å². The second-order valence-corrected chi connectivity index (χ2v) is 5.97. The normalized spacial score (nSPS) is 19.6. The first-order valence-corrected chi connectivity index (χ1v) is 7.08. The van der Waals surface area contributed by atoms with Crippen LogP contribution in [0.5, 0.6) is 0 Å². The average molecular weight is 270 g/mol. The van der Waals surface area contributed by atoms with Gasteiger partial charge in [-0.1, -0.05) is 6.92 Å². The lowest BCUT2D eigenvalue weighted by Crippen LogP contribution is -2.45. The van der Waals surface area contributed by atoms with E-state index in [0.717, 1.165) is 25.8 Å². The molecule has 1 N–H and O–H groups in total. The van der Waals surface area contributed by atoms with E-state index >= 15 is 0 Å². The van der Waals surface area contributed by atoms with E-state index in [1.54, 1.807) is 4.90 Å². The Kier molecular flexibility index (Phi) is 5.79. The van der Waals surface area contributed by atoms with Crippen molar-refractivity contribution in [2.24, 2.45) is 0 Å². The summed E-state index contributed by atoms with van der Waals surface area (Å²) in [6.07, 6.45) is 2.22. The molecule has 5 nitrogen and oxygen atoms in total. The highest BCUT2D eigenvalue weighted by molar-refractivity contribution is 5.89. The molecule has 0 radical (unpaired) electrons. The first-order valence-electron chi connectivity index (χ1n) is 7.08. The highest BCUT2D eigenvalue weighted by Gasteiger charge is 2.35. The van der Waals surface area contributed by atoms with Gasteiger partial charge in [0.1, 0.15) is 5.60 Å². The van der Waals surface area contributed by atoms with E-state index in [0.29, 0.717) is 13.1 Å². The molecule has 1 fully saturated rings. The van der Waals surface area contributed by atoms with Crippen LogP contribution in [0, 0.1) is 0 Å². The number of nitrogens with zero attached hydrogens (tertiary/aromatic N) is 1. The van der Waals surface area contributed by atoms with Crippen molar-refractivity contribution in [3.05, 3.63) is 0 Å². The van der Waals surface area contributed by atoms with Crippen molar-refractivity contribution in [1.29, 1.82) is 0 Å². The maximum atomic E-state index is 12.1. The summed E-state index contributed by atoms with van der Waals surface area (Å²) in [5.41, 5.74) is -0.520. The Balaban J connectivity index is 2.53. The fourth-order valence-electron chi connectivity index (χ4n) is 2.15. The van der Waals surface area contributed by atoms with Crippen molar-refractivity contribution >= 4 is 11.9 Å². The summed E-state index contributed by atoms with van der Waals surface area (Å²) >= 11 is 0. The number of carbonyl (C=O) groups is 2. The van der Waals surface area contributed by atoms with Crippen LogP contribution in [0.25, 0.3) is 0 Å². The third-order valence-electron chi connectivity index (χ3n) is 2.98. The van der Waals surface area contributed by atoms with Gasteiger partial charge in [0.05, 0.1) is 12.6 Å². The van der Waals surface area contributed by atoms with Crippen LogP contribution in [0.4, 0.5) is 4.79 Å². The van der Waals surface area contributed by atoms with E-state index in [4.69, 9.17) is 4.74 Å². The maximum Gasteiger partial charge on any atom is 0.410 e. The van der Waals surface area contributed by atoms with Crippen LogP contribution < -0.4 is 5.32 Å². The first-order chi connectivity index (χ1) is 8.85. The molecule has 19 heavy (non-hydrogen) atoms. The van der Waals surface area contributed by atoms with Gasteiger partial charge in [0.2, 0.25) is 0 Å². The molecule has 5 heteroatoms. The number of nitrogens with one attached hydrogen (secondary N) is 1. The van der Waals surface area contributed by atoms with Crippen LogP contribution in [0.2, 0.25) is 0 Å². The lowest BCUT2D eigenvalue weighted by molar-refractivity contribution is -0.122. The van der Waals surface area contributed by atoms with Crippen LogP contribution in [0.15, 0.2) is 0 Å². The predicted molar refractivity (Wildman–Crippen MR) is 74.1 cm³/mol. The number of amides is 1. The summed E-state index contributed by atoms with van der Waals surface area (Å²) in [4.78, 5) is 25.7. The van der Waals surface area contributed by atoms with Gasteiger partial charge < -0.3 is 10.1 Å². The number of rotatable bonds is 5. The Morgan fingerprint density at radius 3 is 2.63 bits per heavy atom. The van der Waals surface area contributed by atoms with Crippen molar-refractivity contribution in [3.63, 3.8) is 0 Å². The number of ketones is 1. The van der Waals surface area contributed by atoms with Gasteiger partial charge in [-0.15, -0.1) is 0 Å². The second-order valence-electron chi connectivity index (χ2n) is 5.97. The zero-order valence-corrected chi connectivity index (χ0v) is 12.5. The topological polar surface area (TPSA) is 58.6 Å². The van der Waals surface area contributed by atoms with Crippen molar-refractivity contribution in [3.8, 4) is 0 Å². The molecule has 0 saturated carbocycles. The minimum Gasteiger partial charge on any atom is -0.444 e. The fraction of sp³-hybridized carbons (Fsp3) is 0.857. The van der Waals surface area contributed by atoms with Crippen LogP contribution in [-0.4, -0.2) is 48.1 Å². The lowest BCUT2D eigenvalue weighted by Gasteiger charge is -2.28. The molecule has 0 bridgehead atoms. The van der Waals surface area contributed by atoms with Crippen LogP contribution >= 0.6 is 0 Å². The van der Waals surface area contributed by atoms with Gasteiger partial charge in [0.15, 0.2) is 5.78 Å². The van der Waals surface area contributed by atoms with Gasteiger partial charge in [-0.25, -0.2) is 4.79 Å². The molecule has 0 unspecified atom stereocenters. The highest BCUT2D eigenvalue weighted by Crippen LogP contribution is 2.21. The van der Waals surface area contributed by atoms with E-state index < -0.39 is 5.60 Å². The maximum absolute atomic E-state index is 12.1. The Bertz CT molecular complexity index is 323. The Morgan fingerprint density at radius 2 is 2.05 bits per heavy atom. The lowest BCUT2D eigenvalue weighted by atomic mass is 10.1. The van der Waals surface area contributed by atoms with E-state index in [1.165, 1.54) is 0 Å². The zero-order valence-electron chi connectivity index (χ0n) is 12.5. The molecule has 1 aliphatic heterocycles. The van der Waals surface area contributed by atoms with Gasteiger partial charge in [-0.3, -0.25) is 9.69 Å². The first kappa shape index (κ1) is 16.0. The molecular weight excluding hydrogens is 244 g/mol. The highest BCUT2D eigenvalue weighted by atomic mass is 16.6. The largest absolute Gasteiger partial charge is 0.444 e. The van der Waals surface area contributed by atoms with Crippen LogP contribution in [0.3, 0.4) is 0 Å². The van der Waals surface area contributed by atoms with Crippen LogP contribution in [-0.2, 0) is 9.53 Å². The molecule has 1 saturated heterocycles. The number of carbonyl (C=O) groups excluding carboxylic acids is 2. The predicted octanol–water partition coefficient (Wildman–Crippen LogP) is 1.95. The molecule has 1 amide bonds. The van der Waals surface area contributed by atoms with E-state index in [9.17, 15) is 9.59 Å². The molecule has 1 rings (SSSR count). The number of ether oxygens (including phenoxy) is 1. The summed E-state index contributed by atoms with van der Waals surface area (Å²) in [7, 11) is 0. The number of Topliss-reactive ketones (excluding diaryl/α,β-unsaturated/α-hetero) is 1. The monoisotopic (exact) mass is 270 g/mol. The minimum atomic E-state index is -0.520. The number of hydrogen-bond acceptors (Lipinski definition) is 4. The van der Waals surface area contributed by atoms with Gasteiger partial charge in [0.25, 0.3) is 0 Å². The molecule has 1 aliphatic rings. The summed E-state index contributed by atoms with van der Waals surface area (Å²) in [5.74, 6) is 0.0804. The van der Waals surface area contributed by atoms with E-state index in [2.05, 4.69) is 12.2 Å².